The van der Waals surface area contributed by atoms with E-state index in [1.165, 1.54) is 51.7 Å². The molecule has 1 N–H and O–H groups in total. The minimum Gasteiger partial charge on any atom is -0.507 e. The second-order valence-electron chi connectivity index (χ2n) is 7.61. The van der Waals surface area contributed by atoms with Gasteiger partial charge in [0, 0.05) is 11.8 Å². The Hall–Kier alpha value is -4.04. The Kier molecular flexibility index (Phi) is 6.66. The van der Waals surface area contributed by atoms with Crippen molar-refractivity contribution in [1.29, 1.82) is 0 Å². The van der Waals surface area contributed by atoms with Crippen molar-refractivity contribution in [2.45, 2.75) is 6.04 Å². The van der Waals surface area contributed by atoms with Crippen LogP contribution >= 0.6 is 11.6 Å². The van der Waals surface area contributed by atoms with E-state index >= 15 is 0 Å². The largest absolute Gasteiger partial charge is 0.507 e. The number of aliphatic hydroxyl groups excluding tert-OH is 1. The van der Waals surface area contributed by atoms with E-state index in [1.807, 2.05) is 0 Å². The van der Waals surface area contributed by atoms with E-state index in [0.29, 0.717) is 17.1 Å². The highest BCUT2D eigenvalue weighted by molar-refractivity contribution is 6.51. The number of carbonyl (C=O) groups excluding carboxylic acids is 2. The van der Waals surface area contributed by atoms with Gasteiger partial charge in [0.2, 0.25) is 0 Å². The van der Waals surface area contributed by atoms with Gasteiger partial charge in [-0.15, -0.1) is 0 Å². The summed E-state index contributed by atoms with van der Waals surface area (Å²) >= 11 is 6.27. The minimum absolute atomic E-state index is 0.0865. The second-order valence-corrected chi connectivity index (χ2v) is 8.02. The molecule has 1 unspecified atom stereocenters. The van der Waals surface area contributed by atoms with Gasteiger partial charge in [0.25, 0.3) is 11.7 Å². The summed E-state index contributed by atoms with van der Waals surface area (Å²) in [5, 5.41) is 11.5. The lowest BCUT2D eigenvalue weighted by atomic mass is 9.94. The zero-order valence-electron chi connectivity index (χ0n) is 19.0. The van der Waals surface area contributed by atoms with Crippen molar-refractivity contribution >= 4 is 34.7 Å². The maximum Gasteiger partial charge on any atom is 0.300 e. The number of nitrogens with zero attached hydrogens (tertiary/aromatic N) is 1. The topological polar surface area (TPSA) is 85.3 Å². The summed E-state index contributed by atoms with van der Waals surface area (Å²) in [5.74, 6) is -2.03. The number of hydrogen-bond acceptors (Lipinski definition) is 6. The molecule has 1 atom stereocenters. The van der Waals surface area contributed by atoms with Gasteiger partial charge in [0.05, 0.1) is 43.5 Å². The number of Topliss-reactive ketones (excluding diaryl/α,β-unsaturated/α-hetero) is 1. The molecule has 1 aliphatic rings. The number of hydrogen-bond donors (Lipinski definition) is 1. The SMILES string of the molecule is COc1cccc(C2/C(=C(\O)c3cc(Cl)c(OC)cc3OC)C(=O)C(=O)N2c2cccc(F)c2)c1. The Balaban J connectivity index is 2.00. The van der Waals surface area contributed by atoms with Crippen molar-refractivity contribution in [2.75, 3.05) is 26.2 Å². The van der Waals surface area contributed by atoms with Gasteiger partial charge in [0.15, 0.2) is 0 Å². The minimum atomic E-state index is -1.09. The van der Waals surface area contributed by atoms with Crippen LogP contribution in [0.1, 0.15) is 17.2 Å². The molecule has 0 saturated carbocycles. The van der Waals surface area contributed by atoms with Crippen molar-refractivity contribution in [3.8, 4) is 17.2 Å². The number of anilines is 1. The van der Waals surface area contributed by atoms with Gasteiger partial charge in [0.1, 0.15) is 28.8 Å². The Bertz CT molecular complexity index is 1360. The third-order valence-corrected chi connectivity index (χ3v) is 5.96. The van der Waals surface area contributed by atoms with Crippen molar-refractivity contribution in [3.63, 3.8) is 0 Å². The lowest BCUT2D eigenvalue weighted by molar-refractivity contribution is -0.132. The molecule has 0 radical (unpaired) electrons. The summed E-state index contributed by atoms with van der Waals surface area (Å²) in [5.41, 5.74) is 0.488. The molecule has 1 amide bonds. The van der Waals surface area contributed by atoms with E-state index in [2.05, 4.69) is 0 Å². The highest BCUT2D eigenvalue weighted by atomic mass is 35.5. The molecule has 0 spiro atoms. The number of ketones is 1. The second kappa shape index (κ2) is 9.68. The first kappa shape index (κ1) is 24.1. The third kappa shape index (κ3) is 4.28. The molecule has 35 heavy (non-hydrogen) atoms. The number of amides is 1. The van der Waals surface area contributed by atoms with E-state index < -0.39 is 29.3 Å². The lowest BCUT2D eigenvalue weighted by Crippen LogP contribution is -2.29. The number of halogens is 2. The van der Waals surface area contributed by atoms with Crippen LogP contribution in [0.25, 0.3) is 5.76 Å². The highest BCUT2D eigenvalue weighted by Crippen LogP contribution is 2.45. The van der Waals surface area contributed by atoms with Crippen LogP contribution in [0.3, 0.4) is 0 Å². The predicted octanol–water partition coefficient (Wildman–Crippen LogP) is 5.13. The zero-order valence-corrected chi connectivity index (χ0v) is 19.8. The summed E-state index contributed by atoms with van der Waals surface area (Å²) in [4.78, 5) is 27.7. The maximum absolute atomic E-state index is 14.1. The van der Waals surface area contributed by atoms with Crippen LogP contribution in [-0.4, -0.2) is 38.1 Å². The number of carbonyl (C=O) groups is 2. The molecule has 9 heteroatoms. The Labute approximate surface area is 205 Å². The molecule has 1 heterocycles. The molecule has 0 aromatic heterocycles. The molecule has 4 rings (SSSR count). The summed E-state index contributed by atoms with van der Waals surface area (Å²) in [7, 11) is 4.28. The van der Waals surface area contributed by atoms with Gasteiger partial charge < -0.3 is 19.3 Å². The molecule has 3 aromatic carbocycles. The van der Waals surface area contributed by atoms with E-state index in [9.17, 15) is 19.1 Å². The van der Waals surface area contributed by atoms with Gasteiger partial charge in [-0.1, -0.05) is 29.8 Å². The Morgan fingerprint density at radius 2 is 1.66 bits per heavy atom. The maximum atomic E-state index is 14.1. The molecule has 180 valence electrons. The van der Waals surface area contributed by atoms with Crippen LogP contribution < -0.4 is 19.1 Å². The number of rotatable bonds is 6. The van der Waals surface area contributed by atoms with Crippen molar-refractivity contribution < 1.29 is 33.3 Å². The van der Waals surface area contributed by atoms with Crippen LogP contribution in [-0.2, 0) is 9.59 Å². The van der Waals surface area contributed by atoms with E-state index in [-0.39, 0.29) is 27.6 Å². The first-order valence-electron chi connectivity index (χ1n) is 10.4. The number of methoxy groups -OCH3 is 3. The molecular weight excluding hydrogens is 477 g/mol. The first-order valence-corrected chi connectivity index (χ1v) is 10.8. The quantitative estimate of drug-likeness (QED) is 0.289. The summed E-state index contributed by atoms with van der Waals surface area (Å²) in [6, 6.07) is 13.8. The van der Waals surface area contributed by atoms with Gasteiger partial charge >= 0.3 is 0 Å². The Morgan fingerprint density at radius 3 is 2.31 bits per heavy atom. The van der Waals surface area contributed by atoms with Crippen LogP contribution in [0.5, 0.6) is 17.2 Å². The smallest absolute Gasteiger partial charge is 0.300 e. The third-order valence-electron chi connectivity index (χ3n) is 5.67. The number of benzene rings is 3. The predicted molar refractivity (Wildman–Crippen MR) is 129 cm³/mol. The molecule has 1 fully saturated rings. The van der Waals surface area contributed by atoms with E-state index in [1.54, 1.807) is 24.3 Å². The van der Waals surface area contributed by atoms with Crippen LogP contribution in [0.4, 0.5) is 10.1 Å². The summed E-state index contributed by atoms with van der Waals surface area (Å²) in [6.45, 7) is 0. The fraction of sp³-hybridized carbons (Fsp3) is 0.154. The summed E-state index contributed by atoms with van der Waals surface area (Å²) < 4.78 is 30.0. The zero-order chi connectivity index (χ0) is 25.3. The normalized spacial score (nSPS) is 16.9. The molecule has 0 aliphatic carbocycles. The number of aliphatic hydroxyl groups is 1. The lowest BCUT2D eigenvalue weighted by Gasteiger charge is -2.26. The molecule has 1 aliphatic heterocycles. The molecule has 0 bridgehead atoms. The number of ether oxygens (including phenoxy) is 3. The van der Waals surface area contributed by atoms with Gasteiger partial charge in [-0.2, -0.15) is 0 Å². The van der Waals surface area contributed by atoms with Crippen LogP contribution in [0.2, 0.25) is 5.02 Å². The fourth-order valence-electron chi connectivity index (χ4n) is 4.04. The Morgan fingerprint density at radius 1 is 0.943 bits per heavy atom. The van der Waals surface area contributed by atoms with Gasteiger partial charge in [-0.25, -0.2) is 4.39 Å². The average molecular weight is 498 g/mol. The van der Waals surface area contributed by atoms with Crippen molar-refractivity contribution in [3.05, 3.63) is 88.2 Å². The fourth-order valence-corrected chi connectivity index (χ4v) is 4.28. The summed E-state index contributed by atoms with van der Waals surface area (Å²) in [6.07, 6.45) is 0. The van der Waals surface area contributed by atoms with Crippen molar-refractivity contribution in [2.24, 2.45) is 0 Å². The van der Waals surface area contributed by atoms with E-state index in [0.717, 1.165) is 11.0 Å². The highest BCUT2D eigenvalue weighted by Gasteiger charge is 2.47. The average Bonchev–Trinajstić information content (AvgIpc) is 3.13. The van der Waals surface area contributed by atoms with Crippen molar-refractivity contribution in [1.82, 2.24) is 0 Å². The molecular formula is C26H21ClFNO6. The van der Waals surface area contributed by atoms with Gasteiger partial charge in [-0.05, 0) is 42.0 Å². The van der Waals surface area contributed by atoms with Crippen LogP contribution in [0, 0.1) is 5.82 Å². The standard InChI is InChI=1S/C26H21ClFNO6/c1-33-17-9-4-6-14(10-17)23-22(24(30)18-12-19(27)21(35-3)13-20(18)34-2)25(31)26(32)29(23)16-8-5-7-15(28)11-16/h4-13,23,30H,1-3H3/b24-22+. The molecule has 3 aromatic rings. The van der Waals surface area contributed by atoms with Gasteiger partial charge in [-0.3, -0.25) is 14.5 Å². The molecule has 7 nitrogen and oxygen atoms in total. The van der Waals surface area contributed by atoms with Crippen LogP contribution in [0.15, 0.2) is 66.2 Å². The van der Waals surface area contributed by atoms with E-state index in [4.69, 9.17) is 25.8 Å². The molecule has 1 saturated heterocycles. The monoisotopic (exact) mass is 497 g/mol. The first-order chi connectivity index (χ1) is 16.8.